The lowest BCUT2D eigenvalue weighted by atomic mass is 9.88. The molecule has 1 N–H and O–H groups in total. The van der Waals surface area contributed by atoms with E-state index in [4.69, 9.17) is 9.26 Å². The summed E-state index contributed by atoms with van der Waals surface area (Å²) in [6.45, 7) is -0.0409. The predicted molar refractivity (Wildman–Crippen MR) is 115 cm³/mol. The Labute approximate surface area is 174 Å². The lowest BCUT2D eigenvalue weighted by Crippen LogP contribution is -2.20. The van der Waals surface area contributed by atoms with Crippen LogP contribution in [0.4, 0.5) is 5.69 Å². The SMILES string of the molecule is O=C(COc1ccccc1)Nc1ccc(-c2onc3c2CCc2ccccc2-3)cc1. The van der Waals surface area contributed by atoms with E-state index < -0.39 is 0 Å². The smallest absolute Gasteiger partial charge is 0.262 e. The molecule has 0 atom stereocenters. The third-order valence-corrected chi connectivity index (χ3v) is 5.25. The van der Waals surface area contributed by atoms with Gasteiger partial charge in [-0.25, -0.2) is 0 Å². The second kappa shape index (κ2) is 7.87. The number of aryl methyl sites for hydroxylation is 1. The first-order valence-corrected chi connectivity index (χ1v) is 9.93. The van der Waals surface area contributed by atoms with Crippen molar-refractivity contribution >= 4 is 11.6 Å². The van der Waals surface area contributed by atoms with Gasteiger partial charge in [0, 0.05) is 22.4 Å². The Morgan fingerprint density at radius 3 is 2.53 bits per heavy atom. The van der Waals surface area contributed by atoms with E-state index in [2.05, 4.69) is 28.7 Å². The normalized spacial score (nSPS) is 12.0. The Kier molecular flexibility index (Phi) is 4.77. The number of nitrogens with one attached hydrogen (secondary N) is 1. The maximum Gasteiger partial charge on any atom is 0.262 e. The molecular weight excluding hydrogens is 376 g/mol. The van der Waals surface area contributed by atoms with Crippen molar-refractivity contribution in [3.05, 3.63) is 90.0 Å². The van der Waals surface area contributed by atoms with Crippen LogP contribution >= 0.6 is 0 Å². The van der Waals surface area contributed by atoms with E-state index in [1.807, 2.05) is 60.7 Å². The van der Waals surface area contributed by atoms with Gasteiger partial charge in [0.05, 0.1) is 0 Å². The molecule has 0 saturated carbocycles. The number of hydrogen-bond acceptors (Lipinski definition) is 4. The zero-order valence-corrected chi connectivity index (χ0v) is 16.3. The van der Waals surface area contributed by atoms with Crippen LogP contribution < -0.4 is 10.1 Å². The number of rotatable bonds is 5. The van der Waals surface area contributed by atoms with Gasteiger partial charge in [-0.2, -0.15) is 0 Å². The van der Waals surface area contributed by atoms with Gasteiger partial charge in [0.15, 0.2) is 12.4 Å². The minimum atomic E-state index is -0.208. The Morgan fingerprint density at radius 1 is 0.933 bits per heavy atom. The van der Waals surface area contributed by atoms with Crippen LogP contribution in [-0.4, -0.2) is 17.7 Å². The number of amides is 1. The van der Waals surface area contributed by atoms with Crippen LogP contribution in [0.15, 0.2) is 83.4 Å². The van der Waals surface area contributed by atoms with Crippen molar-refractivity contribution in [1.29, 1.82) is 0 Å². The predicted octanol–water partition coefficient (Wildman–Crippen LogP) is 5.12. The molecule has 1 aliphatic carbocycles. The molecule has 0 aliphatic heterocycles. The van der Waals surface area contributed by atoms with E-state index in [0.29, 0.717) is 11.4 Å². The van der Waals surface area contributed by atoms with Crippen molar-refractivity contribution in [2.24, 2.45) is 0 Å². The number of fused-ring (bicyclic) bond motifs is 3. The standard InChI is InChI=1S/C25H20N2O3/c28-23(16-29-20-7-2-1-3-8-20)26-19-13-10-18(11-14-19)25-22-15-12-17-6-4-5-9-21(17)24(22)27-30-25/h1-11,13-14H,12,15-16H2,(H,26,28). The number of hydrogen-bond donors (Lipinski definition) is 1. The molecule has 1 aromatic heterocycles. The van der Waals surface area contributed by atoms with Crippen LogP contribution in [0, 0.1) is 0 Å². The Bertz CT molecular complexity index is 1180. The molecular formula is C25H20N2O3. The van der Waals surface area contributed by atoms with Crippen LogP contribution in [0.1, 0.15) is 11.1 Å². The lowest BCUT2D eigenvalue weighted by molar-refractivity contribution is -0.118. The largest absolute Gasteiger partial charge is 0.484 e. The highest BCUT2D eigenvalue weighted by Crippen LogP contribution is 2.38. The van der Waals surface area contributed by atoms with Gasteiger partial charge in [0.25, 0.3) is 5.91 Å². The van der Waals surface area contributed by atoms with Crippen LogP contribution in [-0.2, 0) is 17.6 Å². The number of carbonyl (C=O) groups excluding carboxylic acids is 1. The van der Waals surface area contributed by atoms with Gasteiger partial charge in [-0.3, -0.25) is 4.79 Å². The number of carbonyl (C=O) groups is 1. The molecule has 148 valence electrons. The van der Waals surface area contributed by atoms with E-state index in [1.54, 1.807) is 0 Å². The summed E-state index contributed by atoms with van der Waals surface area (Å²) in [5.41, 5.74) is 6.18. The van der Waals surface area contributed by atoms with Crippen LogP contribution in [0.5, 0.6) is 5.75 Å². The molecule has 0 saturated heterocycles. The zero-order chi connectivity index (χ0) is 20.3. The third-order valence-electron chi connectivity index (χ3n) is 5.25. The van der Waals surface area contributed by atoms with Crippen LogP contribution in [0.25, 0.3) is 22.6 Å². The van der Waals surface area contributed by atoms with Crippen LogP contribution in [0.3, 0.4) is 0 Å². The highest BCUT2D eigenvalue weighted by Gasteiger charge is 2.24. The molecule has 4 aromatic rings. The monoisotopic (exact) mass is 396 g/mol. The fraction of sp³-hybridized carbons (Fsp3) is 0.120. The highest BCUT2D eigenvalue weighted by atomic mass is 16.5. The minimum absolute atomic E-state index is 0.0409. The average molecular weight is 396 g/mol. The topological polar surface area (TPSA) is 64.4 Å². The van der Waals surface area contributed by atoms with E-state index in [-0.39, 0.29) is 12.5 Å². The summed E-state index contributed by atoms with van der Waals surface area (Å²) in [5.74, 6) is 1.25. The lowest BCUT2D eigenvalue weighted by Gasteiger charge is -2.14. The highest BCUT2D eigenvalue weighted by molar-refractivity contribution is 5.92. The molecule has 0 radical (unpaired) electrons. The van der Waals surface area contributed by atoms with E-state index in [1.165, 1.54) is 5.56 Å². The van der Waals surface area contributed by atoms with Gasteiger partial charge < -0.3 is 14.6 Å². The fourth-order valence-corrected chi connectivity index (χ4v) is 3.78. The molecule has 0 fully saturated rings. The molecule has 0 bridgehead atoms. The summed E-state index contributed by atoms with van der Waals surface area (Å²) in [4.78, 5) is 12.1. The minimum Gasteiger partial charge on any atom is -0.484 e. The van der Waals surface area contributed by atoms with Gasteiger partial charge in [-0.15, -0.1) is 0 Å². The molecule has 5 nitrogen and oxygen atoms in total. The van der Waals surface area contributed by atoms with Gasteiger partial charge in [-0.1, -0.05) is 47.6 Å². The van der Waals surface area contributed by atoms with Crippen molar-refractivity contribution in [3.63, 3.8) is 0 Å². The Balaban J connectivity index is 1.28. The average Bonchev–Trinajstić information content (AvgIpc) is 3.24. The molecule has 3 aromatic carbocycles. The maximum atomic E-state index is 12.1. The number of benzene rings is 3. The van der Waals surface area contributed by atoms with Crippen LogP contribution in [0.2, 0.25) is 0 Å². The number of para-hydroxylation sites is 1. The van der Waals surface area contributed by atoms with E-state index >= 15 is 0 Å². The van der Waals surface area contributed by atoms with Crippen molar-refractivity contribution < 1.29 is 14.1 Å². The quantitative estimate of drug-likeness (QED) is 0.508. The van der Waals surface area contributed by atoms with E-state index in [9.17, 15) is 4.79 Å². The third kappa shape index (κ3) is 3.57. The zero-order valence-electron chi connectivity index (χ0n) is 16.3. The van der Waals surface area contributed by atoms with Crippen molar-refractivity contribution in [2.45, 2.75) is 12.8 Å². The molecule has 0 spiro atoms. The first-order valence-electron chi connectivity index (χ1n) is 9.93. The molecule has 1 heterocycles. The Morgan fingerprint density at radius 2 is 1.70 bits per heavy atom. The summed E-state index contributed by atoms with van der Waals surface area (Å²) < 4.78 is 11.2. The van der Waals surface area contributed by atoms with Crippen molar-refractivity contribution in [1.82, 2.24) is 5.16 Å². The summed E-state index contributed by atoms with van der Waals surface area (Å²) in [5, 5.41) is 7.19. The van der Waals surface area contributed by atoms with Gasteiger partial charge >= 0.3 is 0 Å². The fourth-order valence-electron chi connectivity index (χ4n) is 3.78. The first kappa shape index (κ1) is 18.2. The number of aromatic nitrogens is 1. The van der Waals surface area contributed by atoms with Crippen molar-refractivity contribution in [2.75, 3.05) is 11.9 Å². The second-order valence-corrected chi connectivity index (χ2v) is 7.22. The molecule has 30 heavy (non-hydrogen) atoms. The molecule has 0 unspecified atom stereocenters. The van der Waals surface area contributed by atoms with Gasteiger partial charge in [-0.05, 0) is 54.8 Å². The van der Waals surface area contributed by atoms with Gasteiger partial charge in [0.1, 0.15) is 11.4 Å². The van der Waals surface area contributed by atoms with Crippen molar-refractivity contribution in [3.8, 4) is 28.3 Å². The number of anilines is 1. The Hall–Kier alpha value is -3.86. The van der Waals surface area contributed by atoms with Gasteiger partial charge in [0.2, 0.25) is 0 Å². The second-order valence-electron chi connectivity index (χ2n) is 7.22. The number of nitrogens with zero attached hydrogens (tertiary/aromatic N) is 1. The first-order chi connectivity index (χ1) is 14.8. The summed E-state index contributed by atoms with van der Waals surface area (Å²) in [6, 6.07) is 25.2. The molecule has 1 aliphatic rings. The molecule has 1 amide bonds. The summed E-state index contributed by atoms with van der Waals surface area (Å²) >= 11 is 0. The molecule has 5 rings (SSSR count). The van der Waals surface area contributed by atoms with E-state index in [0.717, 1.165) is 41.0 Å². The number of ether oxygens (including phenoxy) is 1. The maximum absolute atomic E-state index is 12.1. The summed E-state index contributed by atoms with van der Waals surface area (Å²) in [6.07, 6.45) is 1.88. The summed E-state index contributed by atoms with van der Waals surface area (Å²) in [7, 11) is 0. The molecule has 5 heteroatoms.